The second kappa shape index (κ2) is 5.19. The maximum atomic E-state index is 10.5. The van der Waals surface area contributed by atoms with Crippen molar-refractivity contribution in [2.75, 3.05) is 19.7 Å². The third-order valence-electron chi connectivity index (χ3n) is 3.92. The maximum Gasteiger partial charge on any atom is 0.258 e. The Hall–Kier alpha value is -0.980. The van der Waals surface area contributed by atoms with Gasteiger partial charge < -0.3 is 19.7 Å². The molecule has 19 heavy (non-hydrogen) atoms. The van der Waals surface area contributed by atoms with Gasteiger partial charge in [0, 0.05) is 6.61 Å². The van der Waals surface area contributed by atoms with Gasteiger partial charge in [-0.3, -0.25) is 0 Å². The lowest BCUT2D eigenvalue weighted by molar-refractivity contribution is -0.0228. The number of hydrogen-bond donors (Lipinski definition) is 2. The third-order valence-corrected chi connectivity index (χ3v) is 3.92. The molecular weight excluding hydrogens is 246 g/mol. The second-order valence-electron chi connectivity index (χ2n) is 5.45. The molecule has 2 fully saturated rings. The number of aromatic nitrogens is 2. The zero-order chi connectivity index (χ0) is 13.3. The highest BCUT2D eigenvalue weighted by Crippen LogP contribution is 2.42. The van der Waals surface area contributed by atoms with Crippen LogP contribution in [-0.4, -0.2) is 34.9 Å². The SMILES string of the molecule is CCOC(c1noc(C2(O)CCNCC2)n1)C1CC1. The minimum atomic E-state index is -0.975. The van der Waals surface area contributed by atoms with Crippen molar-refractivity contribution in [2.45, 2.75) is 44.3 Å². The fraction of sp³-hybridized carbons (Fsp3) is 0.846. The Morgan fingerprint density at radius 3 is 2.84 bits per heavy atom. The van der Waals surface area contributed by atoms with E-state index in [0.29, 0.717) is 37.1 Å². The predicted molar refractivity (Wildman–Crippen MR) is 67.4 cm³/mol. The smallest absolute Gasteiger partial charge is 0.258 e. The molecule has 1 saturated carbocycles. The maximum absolute atomic E-state index is 10.5. The van der Waals surface area contributed by atoms with Crippen LogP contribution in [-0.2, 0) is 10.3 Å². The minimum absolute atomic E-state index is 0.0761. The zero-order valence-corrected chi connectivity index (χ0v) is 11.3. The molecule has 106 valence electrons. The summed E-state index contributed by atoms with van der Waals surface area (Å²) in [7, 11) is 0. The quantitative estimate of drug-likeness (QED) is 0.832. The molecule has 2 heterocycles. The summed E-state index contributed by atoms with van der Waals surface area (Å²) in [5, 5.41) is 17.8. The molecule has 0 bridgehead atoms. The van der Waals surface area contributed by atoms with Crippen LogP contribution in [0.3, 0.4) is 0 Å². The van der Waals surface area contributed by atoms with Gasteiger partial charge in [0.15, 0.2) is 0 Å². The fourth-order valence-corrected chi connectivity index (χ4v) is 2.59. The van der Waals surface area contributed by atoms with Gasteiger partial charge in [-0.15, -0.1) is 0 Å². The molecule has 0 amide bonds. The third kappa shape index (κ3) is 2.66. The molecular formula is C13H21N3O3. The molecule has 6 heteroatoms. The first kappa shape index (κ1) is 13.0. The van der Waals surface area contributed by atoms with Crippen molar-refractivity contribution < 1.29 is 14.4 Å². The van der Waals surface area contributed by atoms with Gasteiger partial charge in [0.2, 0.25) is 5.82 Å². The summed E-state index contributed by atoms with van der Waals surface area (Å²) in [6.45, 7) is 4.15. The van der Waals surface area contributed by atoms with Crippen LogP contribution in [0.4, 0.5) is 0 Å². The largest absolute Gasteiger partial charge is 0.380 e. The number of aliphatic hydroxyl groups is 1. The molecule has 2 aliphatic rings. The number of hydrogen-bond acceptors (Lipinski definition) is 6. The molecule has 6 nitrogen and oxygen atoms in total. The molecule has 0 spiro atoms. The van der Waals surface area contributed by atoms with Crippen molar-refractivity contribution in [3.63, 3.8) is 0 Å². The Balaban J connectivity index is 1.77. The van der Waals surface area contributed by atoms with E-state index < -0.39 is 5.60 Å². The van der Waals surface area contributed by atoms with E-state index in [1.807, 2.05) is 6.92 Å². The molecule has 1 atom stereocenters. The second-order valence-corrected chi connectivity index (χ2v) is 5.45. The van der Waals surface area contributed by atoms with Crippen LogP contribution in [0.1, 0.15) is 50.4 Å². The molecule has 1 aliphatic carbocycles. The van der Waals surface area contributed by atoms with Gasteiger partial charge in [-0.25, -0.2) is 0 Å². The van der Waals surface area contributed by atoms with E-state index in [0.717, 1.165) is 25.9 Å². The van der Waals surface area contributed by atoms with E-state index in [4.69, 9.17) is 9.26 Å². The van der Waals surface area contributed by atoms with Crippen LogP contribution in [0.25, 0.3) is 0 Å². The molecule has 2 N–H and O–H groups in total. The lowest BCUT2D eigenvalue weighted by atomic mass is 9.92. The molecule has 1 aromatic heterocycles. The molecule has 1 aliphatic heterocycles. The van der Waals surface area contributed by atoms with Gasteiger partial charge in [-0.05, 0) is 51.6 Å². The standard InChI is InChI=1S/C13H21N3O3/c1-2-18-10(9-3-4-9)11-15-12(19-16-11)13(17)5-7-14-8-6-13/h9-10,14,17H,2-8H2,1H3. The van der Waals surface area contributed by atoms with Crippen LogP contribution in [0, 0.1) is 5.92 Å². The number of rotatable bonds is 5. The highest BCUT2D eigenvalue weighted by molar-refractivity contribution is 5.05. The first-order chi connectivity index (χ1) is 9.23. The summed E-state index contributed by atoms with van der Waals surface area (Å²) in [6.07, 6.45) is 3.45. The lowest BCUT2D eigenvalue weighted by Crippen LogP contribution is -2.40. The number of nitrogens with zero attached hydrogens (tertiary/aromatic N) is 2. The Morgan fingerprint density at radius 2 is 2.21 bits per heavy atom. The van der Waals surface area contributed by atoms with Crippen molar-refractivity contribution in [1.82, 2.24) is 15.5 Å². The molecule has 1 unspecified atom stereocenters. The summed E-state index contributed by atoms with van der Waals surface area (Å²) in [5.41, 5.74) is -0.975. The fourth-order valence-electron chi connectivity index (χ4n) is 2.59. The Labute approximate surface area is 112 Å². The van der Waals surface area contributed by atoms with Crippen LogP contribution in [0.2, 0.25) is 0 Å². The van der Waals surface area contributed by atoms with E-state index in [9.17, 15) is 5.11 Å². The van der Waals surface area contributed by atoms with Crippen LogP contribution in [0.15, 0.2) is 4.52 Å². The summed E-state index contributed by atoms with van der Waals surface area (Å²) in [4.78, 5) is 4.41. The van der Waals surface area contributed by atoms with Gasteiger partial charge in [0.25, 0.3) is 5.89 Å². The normalized spacial score (nSPS) is 24.3. The van der Waals surface area contributed by atoms with E-state index in [-0.39, 0.29) is 6.10 Å². The molecule has 0 aromatic carbocycles. The predicted octanol–water partition coefficient (Wildman–Crippen LogP) is 1.13. The van der Waals surface area contributed by atoms with Crippen molar-refractivity contribution in [1.29, 1.82) is 0 Å². The highest BCUT2D eigenvalue weighted by Gasteiger charge is 2.40. The van der Waals surface area contributed by atoms with Gasteiger partial charge >= 0.3 is 0 Å². The van der Waals surface area contributed by atoms with Gasteiger partial charge in [-0.2, -0.15) is 4.98 Å². The highest BCUT2D eigenvalue weighted by atomic mass is 16.5. The van der Waals surface area contributed by atoms with E-state index in [1.165, 1.54) is 0 Å². The van der Waals surface area contributed by atoms with Crippen LogP contribution < -0.4 is 5.32 Å². The van der Waals surface area contributed by atoms with Gasteiger partial charge in [0.05, 0.1) is 0 Å². The Bertz CT molecular complexity index is 425. The number of nitrogens with one attached hydrogen (secondary N) is 1. The van der Waals surface area contributed by atoms with E-state index >= 15 is 0 Å². The van der Waals surface area contributed by atoms with Gasteiger partial charge in [-0.1, -0.05) is 5.16 Å². The zero-order valence-electron chi connectivity index (χ0n) is 11.3. The van der Waals surface area contributed by atoms with Crippen molar-refractivity contribution >= 4 is 0 Å². The van der Waals surface area contributed by atoms with Crippen molar-refractivity contribution in [2.24, 2.45) is 5.92 Å². The Morgan fingerprint density at radius 1 is 1.47 bits per heavy atom. The topological polar surface area (TPSA) is 80.4 Å². The number of piperidine rings is 1. The first-order valence-corrected chi connectivity index (χ1v) is 7.12. The van der Waals surface area contributed by atoms with Crippen molar-refractivity contribution in [3.05, 3.63) is 11.7 Å². The summed E-state index contributed by atoms with van der Waals surface area (Å²) in [6, 6.07) is 0. The Kier molecular flexibility index (Phi) is 3.56. The van der Waals surface area contributed by atoms with Crippen molar-refractivity contribution in [3.8, 4) is 0 Å². The first-order valence-electron chi connectivity index (χ1n) is 7.12. The summed E-state index contributed by atoms with van der Waals surface area (Å²) >= 11 is 0. The summed E-state index contributed by atoms with van der Waals surface area (Å²) in [5.74, 6) is 1.44. The van der Waals surface area contributed by atoms with Crippen LogP contribution in [0.5, 0.6) is 0 Å². The molecule has 0 radical (unpaired) electrons. The summed E-state index contributed by atoms with van der Waals surface area (Å²) < 4.78 is 11.0. The average Bonchev–Trinajstić information content (AvgIpc) is 3.13. The van der Waals surface area contributed by atoms with Crippen LogP contribution >= 0.6 is 0 Å². The lowest BCUT2D eigenvalue weighted by Gasteiger charge is -2.28. The molecule has 1 saturated heterocycles. The number of ether oxygens (including phenoxy) is 1. The molecule has 3 rings (SSSR count). The average molecular weight is 267 g/mol. The monoisotopic (exact) mass is 267 g/mol. The van der Waals surface area contributed by atoms with E-state index in [2.05, 4.69) is 15.5 Å². The minimum Gasteiger partial charge on any atom is -0.380 e. The molecule has 1 aromatic rings. The van der Waals surface area contributed by atoms with Gasteiger partial charge in [0.1, 0.15) is 11.7 Å². The van der Waals surface area contributed by atoms with E-state index in [1.54, 1.807) is 0 Å².